The van der Waals surface area contributed by atoms with Crippen LogP contribution in [0.4, 0.5) is 5.69 Å². The number of methoxy groups -OCH3 is 1. The zero-order valence-corrected chi connectivity index (χ0v) is 10.2. The lowest BCUT2D eigenvalue weighted by molar-refractivity contribution is -0.121. The molecular weight excluding hydrogens is 234 g/mol. The van der Waals surface area contributed by atoms with Crippen molar-refractivity contribution in [2.75, 3.05) is 18.6 Å². The van der Waals surface area contributed by atoms with Crippen molar-refractivity contribution >= 4 is 23.3 Å². The number of rotatable bonds is 2. The largest absolute Gasteiger partial charge is 0.465 e. The minimum atomic E-state index is -0.423. The van der Waals surface area contributed by atoms with Gasteiger partial charge in [0.1, 0.15) is 0 Å². The number of carbonyl (C=O) groups excluding carboxylic acids is 3. The normalized spacial score (nSPS) is 15.1. The molecule has 0 spiro atoms. The van der Waals surface area contributed by atoms with Crippen LogP contribution < -0.4 is 4.90 Å². The van der Waals surface area contributed by atoms with Crippen molar-refractivity contribution in [1.82, 2.24) is 0 Å². The van der Waals surface area contributed by atoms with E-state index in [2.05, 4.69) is 4.74 Å². The lowest BCUT2D eigenvalue weighted by Crippen LogP contribution is -2.25. The summed E-state index contributed by atoms with van der Waals surface area (Å²) in [6.45, 7) is 1.90. The van der Waals surface area contributed by atoms with Gasteiger partial charge in [0.05, 0.1) is 25.6 Å². The molecule has 0 N–H and O–H groups in total. The number of aryl methyl sites for hydroxylation is 1. The molecule has 0 unspecified atom stereocenters. The molecule has 18 heavy (non-hydrogen) atoms. The predicted molar refractivity (Wildman–Crippen MR) is 64.5 cm³/mol. The minimum absolute atomic E-state index is 0.0435. The van der Waals surface area contributed by atoms with Gasteiger partial charge in [-0.2, -0.15) is 0 Å². The van der Waals surface area contributed by atoms with E-state index in [0.29, 0.717) is 11.3 Å². The first-order chi connectivity index (χ1) is 8.52. The molecule has 0 saturated carbocycles. The molecule has 1 aliphatic rings. The molecule has 0 aliphatic carbocycles. The van der Waals surface area contributed by atoms with Gasteiger partial charge in [-0.25, -0.2) is 4.79 Å². The van der Waals surface area contributed by atoms with Gasteiger partial charge in [0.25, 0.3) is 0 Å². The lowest BCUT2D eigenvalue weighted by Gasteiger charge is -2.17. The SMILES string of the molecule is COC(=O)c1ccc(N2CC(=O)CC2=O)c(C)c1. The first-order valence-corrected chi connectivity index (χ1v) is 5.54. The van der Waals surface area contributed by atoms with E-state index in [0.717, 1.165) is 5.56 Å². The van der Waals surface area contributed by atoms with Gasteiger partial charge in [0.2, 0.25) is 5.91 Å². The van der Waals surface area contributed by atoms with Crippen LogP contribution in [0.15, 0.2) is 18.2 Å². The summed E-state index contributed by atoms with van der Waals surface area (Å²) in [5, 5.41) is 0. The molecule has 1 saturated heterocycles. The number of nitrogens with zero attached hydrogens (tertiary/aromatic N) is 1. The predicted octanol–water partition coefficient (Wildman–Crippen LogP) is 1.09. The number of benzene rings is 1. The van der Waals surface area contributed by atoms with Crippen molar-refractivity contribution in [3.8, 4) is 0 Å². The highest BCUT2D eigenvalue weighted by atomic mass is 16.5. The second-order valence-electron chi connectivity index (χ2n) is 4.19. The number of hydrogen-bond acceptors (Lipinski definition) is 4. The Kier molecular flexibility index (Phi) is 3.14. The van der Waals surface area contributed by atoms with E-state index in [9.17, 15) is 14.4 Å². The Morgan fingerprint density at radius 2 is 2.06 bits per heavy atom. The van der Waals surface area contributed by atoms with Crippen LogP contribution in [0.2, 0.25) is 0 Å². The summed E-state index contributed by atoms with van der Waals surface area (Å²) in [5.41, 5.74) is 1.86. The van der Waals surface area contributed by atoms with Crippen LogP contribution in [-0.4, -0.2) is 31.3 Å². The van der Waals surface area contributed by atoms with Crippen molar-refractivity contribution in [1.29, 1.82) is 0 Å². The van der Waals surface area contributed by atoms with Gasteiger partial charge in [0, 0.05) is 5.69 Å². The number of hydrogen-bond donors (Lipinski definition) is 0. The smallest absolute Gasteiger partial charge is 0.337 e. The fourth-order valence-electron chi connectivity index (χ4n) is 2.01. The topological polar surface area (TPSA) is 63.7 Å². The molecule has 1 aromatic rings. The van der Waals surface area contributed by atoms with Crippen LogP contribution in [0.25, 0.3) is 0 Å². The third-order valence-corrected chi connectivity index (χ3v) is 2.89. The van der Waals surface area contributed by atoms with E-state index in [1.807, 2.05) is 0 Å². The molecule has 5 heteroatoms. The van der Waals surface area contributed by atoms with Gasteiger partial charge in [-0.1, -0.05) is 0 Å². The first-order valence-electron chi connectivity index (χ1n) is 5.54. The average molecular weight is 247 g/mol. The Labute approximate surface area is 104 Å². The second kappa shape index (κ2) is 4.60. The van der Waals surface area contributed by atoms with Crippen LogP contribution in [0.3, 0.4) is 0 Å². The summed E-state index contributed by atoms with van der Waals surface area (Å²) in [6, 6.07) is 4.90. The Bertz CT molecular complexity index is 536. The van der Waals surface area contributed by atoms with Crippen molar-refractivity contribution in [2.45, 2.75) is 13.3 Å². The molecular formula is C13H13NO4. The van der Waals surface area contributed by atoms with Gasteiger partial charge >= 0.3 is 5.97 Å². The maximum atomic E-state index is 11.6. The molecule has 1 aliphatic heterocycles. The number of carbonyl (C=O) groups is 3. The van der Waals surface area contributed by atoms with Crippen LogP contribution in [0, 0.1) is 6.92 Å². The Balaban J connectivity index is 2.33. The summed E-state index contributed by atoms with van der Waals surface area (Å²) < 4.78 is 4.62. The zero-order chi connectivity index (χ0) is 13.3. The number of esters is 1. The third kappa shape index (κ3) is 2.11. The Hall–Kier alpha value is -2.17. The number of ketones is 1. The maximum Gasteiger partial charge on any atom is 0.337 e. The molecule has 94 valence electrons. The molecule has 0 atom stereocenters. The maximum absolute atomic E-state index is 11.6. The molecule has 0 radical (unpaired) electrons. The molecule has 1 heterocycles. The van der Waals surface area contributed by atoms with Crippen molar-refractivity contribution < 1.29 is 19.1 Å². The van der Waals surface area contributed by atoms with Gasteiger partial charge < -0.3 is 9.64 Å². The van der Waals surface area contributed by atoms with Crippen LogP contribution in [-0.2, 0) is 14.3 Å². The van der Waals surface area contributed by atoms with Crippen LogP contribution in [0.1, 0.15) is 22.3 Å². The summed E-state index contributed by atoms with van der Waals surface area (Å²) in [4.78, 5) is 35.7. The van der Waals surface area contributed by atoms with Gasteiger partial charge in [0.15, 0.2) is 5.78 Å². The lowest BCUT2D eigenvalue weighted by atomic mass is 10.1. The van der Waals surface area contributed by atoms with Gasteiger partial charge in [-0.15, -0.1) is 0 Å². The Morgan fingerprint density at radius 1 is 1.33 bits per heavy atom. The van der Waals surface area contributed by atoms with Gasteiger partial charge in [-0.05, 0) is 30.7 Å². The summed E-state index contributed by atoms with van der Waals surface area (Å²) in [6.07, 6.45) is -0.0435. The number of amides is 1. The number of Topliss-reactive ketones (excluding diaryl/α,β-unsaturated/α-hetero) is 1. The molecule has 2 rings (SSSR count). The summed E-state index contributed by atoms with van der Waals surface area (Å²) in [5.74, 6) is -0.709. The molecule has 1 aromatic carbocycles. The van der Waals surface area contributed by atoms with Crippen molar-refractivity contribution in [3.05, 3.63) is 29.3 Å². The quantitative estimate of drug-likeness (QED) is 0.579. The zero-order valence-electron chi connectivity index (χ0n) is 10.2. The van der Waals surface area contributed by atoms with Crippen molar-refractivity contribution in [2.24, 2.45) is 0 Å². The fraction of sp³-hybridized carbons (Fsp3) is 0.308. The van der Waals surface area contributed by atoms with Crippen molar-refractivity contribution in [3.63, 3.8) is 0 Å². The Morgan fingerprint density at radius 3 is 2.56 bits per heavy atom. The van der Waals surface area contributed by atoms with E-state index in [-0.39, 0.29) is 24.7 Å². The van der Waals surface area contributed by atoms with E-state index >= 15 is 0 Å². The molecule has 5 nitrogen and oxygen atoms in total. The third-order valence-electron chi connectivity index (χ3n) is 2.89. The first kappa shape index (κ1) is 12.3. The highest BCUT2D eigenvalue weighted by Gasteiger charge is 2.29. The standard InChI is InChI=1S/C13H13NO4/c1-8-5-9(13(17)18-2)3-4-11(8)14-7-10(15)6-12(14)16/h3-5H,6-7H2,1-2H3. The molecule has 1 amide bonds. The van der Waals surface area contributed by atoms with E-state index < -0.39 is 5.97 Å². The molecule has 1 fully saturated rings. The van der Waals surface area contributed by atoms with E-state index in [1.54, 1.807) is 25.1 Å². The highest BCUT2D eigenvalue weighted by Crippen LogP contribution is 2.25. The number of ether oxygens (including phenoxy) is 1. The van der Waals surface area contributed by atoms with Gasteiger partial charge in [-0.3, -0.25) is 9.59 Å². The average Bonchev–Trinajstić information content (AvgIpc) is 2.67. The fourth-order valence-corrected chi connectivity index (χ4v) is 2.01. The number of anilines is 1. The molecule has 0 aromatic heterocycles. The molecule has 0 bridgehead atoms. The summed E-state index contributed by atoms with van der Waals surface area (Å²) >= 11 is 0. The summed E-state index contributed by atoms with van der Waals surface area (Å²) in [7, 11) is 1.31. The second-order valence-corrected chi connectivity index (χ2v) is 4.19. The highest BCUT2D eigenvalue weighted by molar-refractivity contribution is 6.15. The monoisotopic (exact) mass is 247 g/mol. The van der Waals surface area contributed by atoms with Crippen LogP contribution in [0.5, 0.6) is 0 Å². The van der Waals surface area contributed by atoms with E-state index in [4.69, 9.17) is 0 Å². The van der Waals surface area contributed by atoms with Crippen LogP contribution >= 0.6 is 0 Å². The minimum Gasteiger partial charge on any atom is -0.465 e. The van der Waals surface area contributed by atoms with E-state index in [1.165, 1.54) is 12.0 Å².